The SMILES string of the molecule is COC(=O)C1[C@H]2CCN(S(=O)(=O)c3ccc(C)cc3)C[C@@H]12. The molecule has 1 aliphatic carbocycles. The maximum Gasteiger partial charge on any atom is 0.309 e. The van der Waals surface area contributed by atoms with E-state index in [1.54, 1.807) is 24.3 Å². The molecule has 2 fully saturated rings. The molecule has 3 atom stereocenters. The van der Waals surface area contributed by atoms with Crippen molar-refractivity contribution in [1.82, 2.24) is 4.31 Å². The average molecular weight is 309 g/mol. The van der Waals surface area contributed by atoms with Gasteiger partial charge in [-0.1, -0.05) is 17.7 Å². The Balaban J connectivity index is 1.76. The first kappa shape index (κ1) is 14.5. The van der Waals surface area contributed by atoms with E-state index in [0.29, 0.717) is 23.9 Å². The maximum atomic E-state index is 12.6. The summed E-state index contributed by atoms with van der Waals surface area (Å²) in [6.45, 7) is 2.82. The van der Waals surface area contributed by atoms with Gasteiger partial charge >= 0.3 is 5.97 Å². The zero-order chi connectivity index (χ0) is 15.2. The second-order valence-corrected chi connectivity index (χ2v) is 7.78. The molecule has 0 aromatic heterocycles. The number of fused-ring (bicyclic) bond motifs is 1. The highest BCUT2D eigenvalue weighted by atomic mass is 32.2. The zero-order valence-corrected chi connectivity index (χ0v) is 13.0. The van der Waals surface area contributed by atoms with Gasteiger partial charge in [-0.3, -0.25) is 4.79 Å². The van der Waals surface area contributed by atoms with E-state index in [1.165, 1.54) is 11.4 Å². The summed E-state index contributed by atoms with van der Waals surface area (Å²) in [6.07, 6.45) is 0.732. The molecule has 0 spiro atoms. The van der Waals surface area contributed by atoms with E-state index < -0.39 is 10.0 Å². The predicted octanol–water partition coefficient (Wildman–Crippen LogP) is 1.42. The largest absolute Gasteiger partial charge is 0.469 e. The van der Waals surface area contributed by atoms with Crippen LogP contribution >= 0.6 is 0 Å². The van der Waals surface area contributed by atoms with E-state index in [-0.39, 0.29) is 17.8 Å². The van der Waals surface area contributed by atoms with Crippen LogP contribution in [0.3, 0.4) is 0 Å². The van der Waals surface area contributed by atoms with Crippen LogP contribution in [0.2, 0.25) is 0 Å². The molecule has 1 saturated carbocycles. The molecule has 2 aliphatic rings. The Labute approximate surface area is 124 Å². The Morgan fingerprint density at radius 1 is 1.24 bits per heavy atom. The minimum Gasteiger partial charge on any atom is -0.469 e. The first-order valence-electron chi connectivity index (χ1n) is 7.10. The normalized spacial score (nSPS) is 28.8. The van der Waals surface area contributed by atoms with E-state index in [4.69, 9.17) is 4.74 Å². The van der Waals surface area contributed by atoms with Gasteiger partial charge in [-0.25, -0.2) is 8.42 Å². The number of methoxy groups -OCH3 is 1. The highest BCUT2D eigenvalue weighted by molar-refractivity contribution is 7.89. The van der Waals surface area contributed by atoms with Crippen molar-refractivity contribution in [2.75, 3.05) is 20.2 Å². The average Bonchev–Trinajstić information content (AvgIpc) is 3.20. The van der Waals surface area contributed by atoms with Crippen LogP contribution in [-0.4, -0.2) is 38.9 Å². The number of sulfonamides is 1. The summed E-state index contributed by atoms with van der Waals surface area (Å²) in [5.74, 6) is 0.0844. The standard InChI is InChI=1S/C15H19NO4S/c1-10-3-5-11(6-4-10)21(18,19)16-8-7-12-13(9-16)14(12)15(17)20-2/h3-6,12-14H,7-9H2,1-2H3/t12-,13+,14?/m0/s1. The second kappa shape index (κ2) is 5.10. The molecular weight excluding hydrogens is 290 g/mol. The van der Waals surface area contributed by atoms with Crippen LogP contribution < -0.4 is 0 Å². The van der Waals surface area contributed by atoms with Gasteiger partial charge in [-0.15, -0.1) is 0 Å². The van der Waals surface area contributed by atoms with Crippen molar-refractivity contribution in [3.63, 3.8) is 0 Å². The lowest BCUT2D eigenvalue weighted by molar-refractivity contribution is -0.142. The Morgan fingerprint density at radius 2 is 1.90 bits per heavy atom. The molecule has 1 heterocycles. The molecule has 1 aromatic carbocycles. The monoisotopic (exact) mass is 309 g/mol. The van der Waals surface area contributed by atoms with E-state index in [2.05, 4.69) is 0 Å². The Hall–Kier alpha value is -1.40. The lowest BCUT2D eigenvalue weighted by Crippen LogP contribution is -2.36. The van der Waals surface area contributed by atoms with Gasteiger partial charge in [0, 0.05) is 13.1 Å². The highest BCUT2D eigenvalue weighted by Gasteiger charge is 2.58. The fourth-order valence-corrected chi connectivity index (χ4v) is 4.76. The van der Waals surface area contributed by atoms with E-state index in [9.17, 15) is 13.2 Å². The van der Waals surface area contributed by atoms with Crippen molar-refractivity contribution in [3.8, 4) is 0 Å². The zero-order valence-electron chi connectivity index (χ0n) is 12.2. The molecule has 21 heavy (non-hydrogen) atoms. The van der Waals surface area contributed by atoms with Gasteiger partial charge < -0.3 is 4.74 Å². The summed E-state index contributed by atoms with van der Waals surface area (Å²) >= 11 is 0. The van der Waals surface area contributed by atoms with Crippen LogP contribution in [0.4, 0.5) is 0 Å². The quantitative estimate of drug-likeness (QED) is 0.792. The molecule has 1 aliphatic heterocycles. The molecule has 114 valence electrons. The maximum absolute atomic E-state index is 12.6. The van der Waals surface area contributed by atoms with Crippen molar-refractivity contribution >= 4 is 16.0 Å². The number of piperidine rings is 1. The van der Waals surface area contributed by atoms with Crippen molar-refractivity contribution < 1.29 is 17.9 Å². The summed E-state index contributed by atoms with van der Waals surface area (Å²) in [5.41, 5.74) is 1.03. The van der Waals surface area contributed by atoms with Gasteiger partial charge in [0.2, 0.25) is 10.0 Å². The molecule has 0 bridgehead atoms. The summed E-state index contributed by atoms with van der Waals surface area (Å²) < 4.78 is 31.5. The molecule has 1 aromatic rings. The van der Waals surface area contributed by atoms with Crippen LogP contribution in [-0.2, 0) is 19.6 Å². The number of esters is 1. The molecule has 0 N–H and O–H groups in total. The minimum absolute atomic E-state index is 0.117. The summed E-state index contributed by atoms with van der Waals surface area (Å²) in [5, 5.41) is 0. The number of carbonyl (C=O) groups excluding carboxylic acids is 1. The molecule has 6 heteroatoms. The number of ether oxygens (including phenoxy) is 1. The fraction of sp³-hybridized carbons (Fsp3) is 0.533. The topological polar surface area (TPSA) is 63.7 Å². The van der Waals surface area contributed by atoms with Crippen LogP contribution in [0.15, 0.2) is 29.2 Å². The van der Waals surface area contributed by atoms with E-state index in [1.807, 2.05) is 6.92 Å². The Kier molecular flexibility index (Phi) is 3.53. The van der Waals surface area contributed by atoms with Crippen molar-refractivity contribution in [3.05, 3.63) is 29.8 Å². The molecule has 0 radical (unpaired) electrons. The molecule has 1 unspecified atom stereocenters. The fourth-order valence-electron chi connectivity index (χ4n) is 3.27. The lowest BCUT2D eigenvalue weighted by atomic mass is 10.2. The minimum atomic E-state index is -3.46. The summed E-state index contributed by atoms with van der Waals surface area (Å²) in [7, 11) is -2.08. The third kappa shape index (κ3) is 2.46. The second-order valence-electron chi connectivity index (χ2n) is 5.84. The van der Waals surface area contributed by atoms with Crippen LogP contribution in [0.1, 0.15) is 12.0 Å². The Morgan fingerprint density at radius 3 is 2.52 bits per heavy atom. The molecule has 5 nitrogen and oxygen atoms in total. The number of hydrogen-bond donors (Lipinski definition) is 0. The van der Waals surface area contributed by atoms with Crippen molar-refractivity contribution in [1.29, 1.82) is 0 Å². The lowest BCUT2D eigenvalue weighted by Gasteiger charge is -2.25. The van der Waals surface area contributed by atoms with Gasteiger partial charge in [-0.05, 0) is 37.3 Å². The molecule has 3 rings (SSSR count). The number of benzene rings is 1. The molecular formula is C15H19NO4S. The van der Waals surface area contributed by atoms with Crippen molar-refractivity contribution in [2.24, 2.45) is 17.8 Å². The van der Waals surface area contributed by atoms with Gasteiger partial charge in [0.05, 0.1) is 17.9 Å². The summed E-state index contributed by atoms with van der Waals surface area (Å²) in [6, 6.07) is 6.88. The number of rotatable bonds is 3. The van der Waals surface area contributed by atoms with Crippen LogP contribution in [0, 0.1) is 24.7 Å². The van der Waals surface area contributed by atoms with Gasteiger partial charge in [0.15, 0.2) is 0 Å². The third-order valence-corrected chi connectivity index (χ3v) is 6.47. The van der Waals surface area contributed by atoms with E-state index in [0.717, 1.165) is 12.0 Å². The molecule has 1 saturated heterocycles. The first-order chi connectivity index (χ1) is 9.95. The number of hydrogen-bond acceptors (Lipinski definition) is 4. The van der Waals surface area contributed by atoms with Gasteiger partial charge in [0.25, 0.3) is 0 Å². The number of carbonyl (C=O) groups is 1. The van der Waals surface area contributed by atoms with Crippen molar-refractivity contribution in [2.45, 2.75) is 18.2 Å². The highest BCUT2D eigenvalue weighted by Crippen LogP contribution is 2.52. The van der Waals surface area contributed by atoms with Gasteiger partial charge in [-0.2, -0.15) is 4.31 Å². The molecule has 0 amide bonds. The summed E-state index contributed by atoms with van der Waals surface area (Å²) in [4.78, 5) is 11.9. The third-order valence-electron chi connectivity index (χ3n) is 4.59. The first-order valence-corrected chi connectivity index (χ1v) is 8.54. The number of nitrogens with zero attached hydrogens (tertiary/aromatic N) is 1. The van der Waals surface area contributed by atoms with Crippen LogP contribution in [0.5, 0.6) is 0 Å². The van der Waals surface area contributed by atoms with E-state index >= 15 is 0 Å². The number of aryl methyl sites for hydroxylation is 1. The smallest absolute Gasteiger partial charge is 0.309 e. The Bertz CT molecular complexity index is 653. The van der Waals surface area contributed by atoms with Gasteiger partial charge in [0.1, 0.15) is 0 Å². The predicted molar refractivity (Wildman–Crippen MR) is 77.0 cm³/mol. The van der Waals surface area contributed by atoms with Crippen LogP contribution in [0.25, 0.3) is 0 Å².